The summed E-state index contributed by atoms with van der Waals surface area (Å²) in [5, 5.41) is 49.3. The van der Waals surface area contributed by atoms with Gasteiger partial charge in [0.2, 0.25) is 0 Å². The van der Waals surface area contributed by atoms with Gasteiger partial charge in [-0.3, -0.25) is 0 Å². The SMILES string of the molecule is Brc1ccc(-c2ccccc2)c2oc3c(N(c4ccccc4)c4ccc5ccccc5c4)ccc(Br)c3c12.OB(O)c1ccc(-c2ccccc2)c2oc3c(N(c4ccccc4)c4ccc5ccccc5c4)ccc(B(O)O)c3c12. The van der Waals surface area contributed by atoms with Crippen LogP contribution in [-0.4, -0.2) is 34.3 Å². The van der Waals surface area contributed by atoms with Gasteiger partial charge >= 0.3 is 14.2 Å². The first-order valence-electron chi connectivity index (χ1n) is 26.1. The van der Waals surface area contributed by atoms with Gasteiger partial charge in [0.15, 0.2) is 11.2 Å². The molecule has 0 spiro atoms. The quantitative estimate of drug-likeness (QED) is 0.100. The van der Waals surface area contributed by atoms with E-state index in [1.165, 1.54) is 10.8 Å². The minimum absolute atomic E-state index is 0.200. The van der Waals surface area contributed by atoms with E-state index in [1.807, 2.05) is 91.0 Å². The van der Waals surface area contributed by atoms with Crippen LogP contribution in [0.4, 0.5) is 34.1 Å². The molecular formula is C68H46B2Br2N2O6. The van der Waals surface area contributed by atoms with Gasteiger partial charge in [0.1, 0.15) is 11.2 Å². The largest absolute Gasteiger partial charge is 0.489 e. The lowest BCUT2D eigenvalue weighted by molar-refractivity contribution is 0.424. The van der Waals surface area contributed by atoms with Crippen molar-refractivity contribution in [3.63, 3.8) is 0 Å². The molecule has 8 nitrogen and oxygen atoms in total. The Kier molecular flexibility index (Phi) is 13.6. The van der Waals surface area contributed by atoms with Crippen molar-refractivity contribution in [1.29, 1.82) is 0 Å². The number of nitrogens with zero attached hydrogens (tertiary/aromatic N) is 2. The van der Waals surface area contributed by atoms with E-state index in [4.69, 9.17) is 8.83 Å². The molecule has 12 aromatic carbocycles. The van der Waals surface area contributed by atoms with Crippen molar-refractivity contribution < 1.29 is 28.9 Å². The van der Waals surface area contributed by atoms with E-state index >= 15 is 0 Å². The topological polar surface area (TPSA) is 114 Å². The molecular weight excluding hydrogens is 1120 g/mol. The second kappa shape index (κ2) is 21.5. The standard InChI is InChI=1S/C34H25B2NO5.C34H21Br2NO/c38-35(39)28-18-17-27(23-10-3-1-4-11-23)33-31(28)32-29(36(40)41)19-20-30(34(32)42-33)37(25-13-5-2-6-14-25)26-16-15-22-9-7-8-12-24(22)21-26;35-28-18-17-27(23-10-3-1-4-11-23)33-31(28)32-29(36)19-20-30(34(32)38-33)37(25-13-5-2-6-14-25)26-16-15-22-9-7-8-12-24(22)21-26/h1-21,38-41H;1-21H. The molecule has 0 aliphatic rings. The molecule has 12 heteroatoms. The average molecular weight is 1170 g/mol. The van der Waals surface area contributed by atoms with Crippen molar-refractivity contribution in [2.45, 2.75) is 0 Å². The third kappa shape index (κ3) is 9.21. The van der Waals surface area contributed by atoms with Gasteiger partial charge in [-0.05, 0) is 122 Å². The molecule has 0 radical (unpaired) electrons. The molecule has 0 atom stereocenters. The summed E-state index contributed by atoms with van der Waals surface area (Å²) >= 11 is 7.66. The van der Waals surface area contributed by atoms with Crippen LogP contribution in [0.5, 0.6) is 0 Å². The Morgan fingerprint density at radius 2 is 0.650 bits per heavy atom. The molecule has 2 aromatic heterocycles. The third-order valence-corrected chi connectivity index (χ3v) is 16.0. The minimum Gasteiger partial charge on any atom is -0.453 e. The Morgan fingerprint density at radius 3 is 1.12 bits per heavy atom. The summed E-state index contributed by atoms with van der Waals surface area (Å²) < 4.78 is 15.5. The second-order valence-electron chi connectivity index (χ2n) is 19.4. The van der Waals surface area contributed by atoms with Gasteiger partial charge in [-0.25, -0.2) is 0 Å². The van der Waals surface area contributed by atoms with Crippen LogP contribution in [-0.2, 0) is 0 Å². The molecule has 384 valence electrons. The van der Waals surface area contributed by atoms with E-state index in [9.17, 15) is 20.1 Å². The summed E-state index contributed by atoms with van der Waals surface area (Å²) in [6.07, 6.45) is 0. The summed E-state index contributed by atoms with van der Waals surface area (Å²) in [4.78, 5) is 4.33. The van der Waals surface area contributed by atoms with Crippen molar-refractivity contribution in [2.24, 2.45) is 0 Å². The molecule has 0 bridgehead atoms. The monoisotopic (exact) mass is 1170 g/mol. The van der Waals surface area contributed by atoms with Crippen LogP contribution in [0.2, 0.25) is 0 Å². The minimum atomic E-state index is -1.82. The van der Waals surface area contributed by atoms with Crippen LogP contribution < -0.4 is 20.7 Å². The third-order valence-electron chi connectivity index (χ3n) is 14.7. The van der Waals surface area contributed by atoms with E-state index < -0.39 is 14.2 Å². The van der Waals surface area contributed by atoms with Gasteiger partial charge in [0.25, 0.3) is 0 Å². The predicted octanol–water partition coefficient (Wildman–Crippen LogP) is 16.6. The molecule has 4 N–H and O–H groups in total. The zero-order chi connectivity index (χ0) is 54.4. The van der Waals surface area contributed by atoms with Crippen LogP contribution in [0.25, 0.3) is 87.7 Å². The zero-order valence-electron chi connectivity index (χ0n) is 42.7. The Bertz CT molecular complexity index is 4600. The van der Waals surface area contributed by atoms with Crippen molar-refractivity contribution in [3.8, 4) is 22.3 Å². The van der Waals surface area contributed by atoms with Gasteiger partial charge in [-0.2, -0.15) is 0 Å². The van der Waals surface area contributed by atoms with Gasteiger partial charge in [-0.15, -0.1) is 0 Å². The van der Waals surface area contributed by atoms with Gasteiger partial charge < -0.3 is 38.7 Å². The summed E-state index contributed by atoms with van der Waals surface area (Å²) in [5.74, 6) is 0. The molecule has 0 amide bonds. The van der Waals surface area contributed by atoms with Crippen molar-refractivity contribution in [2.75, 3.05) is 9.80 Å². The summed E-state index contributed by atoms with van der Waals surface area (Å²) in [6.45, 7) is 0. The Hall–Kier alpha value is -8.71. The average Bonchev–Trinajstić information content (AvgIpc) is 4.22. The lowest BCUT2D eigenvalue weighted by Gasteiger charge is -2.26. The zero-order valence-corrected chi connectivity index (χ0v) is 45.8. The fraction of sp³-hybridized carbons (Fsp3) is 0. The predicted molar refractivity (Wildman–Crippen MR) is 338 cm³/mol. The van der Waals surface area contributed by atoms with Crippen LogP contribution in [0.3, 0.4) is 0 Å². The number of rotatable bonds is 10. The first kappa shape index (κ1) is 50.8. The number of halogens is 2. The maximum atomic E-state index is 10.5. The normalized spacial score (nSPS) is 11.4. The van der Waals surface area contributed by atoms with E-state index in [0.717, 1.165) is 92.3 Å². The van der Waals surface area contributed by atoms with Crippen LogP contribution in [0, 0.1) is 0 Å². The molecule has 0 unspecified atom stereocenters. The molecule has 0 aliphatic carbocycles. The smallest absolute Gasteiger partial charge is 0.453 e. The van der Waals surface area contributed by atoms with Gasteiger partial charge in [0, 0.05) is 64.4 Å². The Labute approximate surface area is 478 Å². The maximum absolute atomic E-state index is 10.5. The van der Waals surface area contributed by atoms with Crippen LogP contribution >= 0.6 is 31.9 Å². The summed E-state index contributed by atoms with van der Waals surface area (Å²) in [6, 6.07) is 85.1. The number of benzene rings is 12. The number of anilines is 6. The second-order valence-corrected chi connectivity index (χ2v) is 21.2. The lowest BCUT2D eigenvalue weighted by Crippen LogP contribution is -2.33. The van der Waals surface area contributed by atoms with Crippen LogP contribution in [0.1, 0.15) is 0 Å². The van der Waals surface area contributed by atoms with Crippen molar-refractivity contribution >= 4 is 157 Å². The number of hydrogen-bond acceptors (Lipinski definition) is 8. The highest BCUT2D eigenvalue weighted by Crippen LogP contribution is 2.49. The first-order valence-corrected chi connectivity index (χ1v) is 27.6. The molecule has 0 saturated carbocycles. The molecule has 0 aliphatic heterocycles. The van der Waals surface area contributed by atoms with Crippen LogP contribution in [0.15, 0.2) is 273 Å². The highest BCUT2D eigenvalue weighted by atomic mass is 79.9. The van der Waals surface area contributed by atoms with Gasteiger partial charge in [0.05, 0.1) is 11.4 Å². The van der Waals surface area contributed by atoms with E-state index in [1.54, 1.807) is 24.3 Å². The summed E-state index contributed by atoms with van der Waals surface area (Å²) in [5.41, 5.74) is 12.2. The highest BCUT2D eigenvalue weighted by molar-refractivity contribution is 9.11. The fourth-order valence-corrected chi connectivity index (χ4v) is 12.0. The van der Waals surface area contributed by atoms with Crippen molar-refractivity contribution in [1.82, 2.24) is 0 Å². The molecule has 2 heterocycles. The number of hydrogen-bond donors (Lipinski definition) is 4. The molecule has 0 fully saturated rings. The lowest BCUT2D eigenvalue weighted by atomic mass is 9.72. The maximum Gasteiger partial charge on any atom is 0.489 e. The molecule has 0 saturated heterocycles. The fourth-order valence-electron chi connectivity index (χ4n) is 11.0. The first-order chi connectivity index (χ1) is 39.2. The number of furan rings is 2. The Balaban J connectivity index is 0.000000152. The van der Waals surface area contributed by atoms with Gasteiger partial charge in [-0.1, -0.05) is 208 Å². The molecule has 14 rings (SSSR count). The molecule has 14 aromatic rings. The van der Waals surface area contributed by atoms with Crippen molar-refractivity contribution in [3.05, 3.63) is 264 Å². The highest BCUT2D eigenvalue weighted by Gasteiger charge is 2.30. The summed E-state index contributed by atoms with van der Waals surface area (Å²) in [7, 11) is -3.63. The van der Waals surface area contributed by atoms with E-state index in [0.29, 0.717) is 27.6 Å². The van der Waals surface area contributed by atoms with E-state index in [2.05, 4.69) is 181 Å². The van der Waals surface area contributed by atoms with E-state index in [-0.39, 0.29) is 10.9 Å². The molecule has 80 heavy (non-hydrogen) atoms. The number of fused-ring (bicyclic) bond motifs is 8. The number of para-hydroxylation sites is 2. The Morgan fingerprint density at radius 1 is 0.300 bits per heavy atom.